The van der Waals surface area contributed by atoms with E-state index < -0.39 is 17.4 Å². The van der Waals surface area contributed by atoms with Gasteiger partial charge in [0.05, 0.1) is 12.5 Å². The zero-order valence-corrected chi connectivity index (χ0v) is 23.8. The first kappa shape index (κ1) is 30.3. The van der Waals surface area contributed by atoms with Gasteiger partial charge in [-0.1, -0.05) is 95.1 Å². The van der Waals surface area contributed by atoms with E-state index in [4.69, 9.17) is 0 Å². The van der Waals surface area contributed by atoms with Crippen molar-refractivity contribution in [1.82, 2.24) is 20.2 Å². The summed E-state index contributed by atoms with van der Waals surface area (Å²) in [6.07, 6.45) is 2.50. The summed E-state index contributed by atoms with van der Waals surface area (Å²) in [4.78, 5) is 42.0. The highest BCUT2D eigenvalue weighted by atomic mass is 16.5. The van der Waals surface area contributed by atoms with Gasteiger partial charge in [0.1, 0.15) is 6.04 Å². The van der Waals surface area contributed by atoms with Gasteiger partial charge in [0, 0.05) is 32.7 Å². The SMILES string of the molecule is CCCC[C@H](CN(O)C=O)C(=O)N[C@H](C(=O)N1CCN(Cc2ccccc2-c2ccccc2)CC1)C(C)(C)C. The van der Waals surface area contributed by atoms with Gasteiger partial charge >= 0.3 is 0 Å². The van der Waals surface area contributed by atoms with Crippen LogP contribution in [0, 0.1) is 11.3 Å². The molecular weight excluding hydrogens is 492 g/mol. The Hall–Kier alpha value is -3.23. The lowest BCUT2D eigenvalue weighted by Gasteiger charge is -2.40. The predicted octanol–water partition coefficient (Wildman–Crippen LogP) is 4.18. The van der Waals surface area contributed by atoms with Crippen molar-refractivity contribution in [2.45, 2.75) is 59.5 Å². The maximum Gasteiger partial charge on any atom is 0.245 e. The molecule has 8 heteroatoms. The molecule has 0 unspecified atom stereocenters. The molecule has 0 bridgehead atoms. The standard InChI is InChI=1S/C31H44N4O4/c1-5-6-12-26(22-35(39)23-36)29(37)32-28(31(2,3)4)30(38)34-19-17-33(18-20-34)21-25-15-10-11-16-27(25)24-13-8-7-9-14-24/h7-11,13-16,23,26,28,39H,5-6,12,17-22H2,1-4H3,(H,32,37)/t26-,28-/m1/s1. The molecule has 2 N–H and O–H groups in total. The molecule has 2 atom stereocenters. The van der Waals surface area contributed by atoms with Crippen LogP contribution in [0.1, 0.15) is 52.5 Å². The fourth-order valence-electron chi connectivity index (χ4n) is 5.04. The normalized spacial score (nSPS) is 15.9. The second-order valence-corrected chi connectivity index (χ2v) is 11.5. The molecule has 2 aromatic carbocycles. The molecule has 212 valence electrons. The summed E-state index contributed by atoms with van der Waals surface area (Å²) in [6, 6.07) is 18.1. The lowest BCUT2D eigenvalue weighted by molar-refractivity contribution is -0.155. The minimum atomic E-state index is -0.706. The van der Waals surface area contributed by atoms with E-state index in [2.05, 4.69) is 58.7 Å². The molecule has 2 aromatic rings. The predicted molar refractivity (Wildman–Crippen MR) is 153 cm³/mol. The second-order valence-electron chi connectivity index (χ2n) is 11.5. The Morgan fingerprint density at radius 1 is 1.03 bits per heavy atom. The van der Waals surface area contributed by atoms with Crippen LogP contribution in [-0.2, 0) is 20.9 Å². The maximum atomic E-state index is 13.7. The number of hydrogen-bond acceptors (Lipinski definition) is 5. The molecule has 1 saturated heterocycles. The molecule has 8 nitrogen and oxygen atoms in total. The molecule has 0 aromatic heterocycles. The molecule has 1 heterocycles. The molecule has 0 radical (unpaired) electrons. The zero-order valence-electron chi connectivity index (χ0n) is 23.8. The third kappa shape index (κ3) is 8.63. The van der Waals surface area contributed by atoms with Crippen molar-refractivity contribution in [3.05, 3.63) is 60.2 Å². The highest BCUT2D eigenvalue weighted by Gasteiger charge is 2.38. The number of hydrogen-bond donors (Lipinski definition) is 2. The van der Waals surface area contributed by atoms with Crippen LogP contribution >= 0.6 is 0 Å². The van der Waals surface area contributed by atoms with Crippen LogP contribution in [-0.4, -0.2) is 77.1 Å². The van der Waals surface area contributed by atoms with Gasteiger partial charge in [-0.2, -0.15) is 0 Å². The Kier molecular flexibility index (Phi) is 11.1. The second kappa shape index (κ2) is 14.2. The van der Waals surface area contributed by atoms with Crippen molar-refractivity contribution in [2.75, 3.05) is 32.7 Å². The number of hydroxylamine groups is 2. The smallest absolute Gasteiger partial charge is 0.245 e. The van der Waals surface area contributed by atoms with Gasteiger partial charge in [0.2, 0.25) is 18.2 Å². The molecule has 0 saturated carbocycles. The van der Waals surface area contributed by atoms with Gasteiger partial charge in [0.25, 0.3) is 0 Å². The number of benzene rings is 2. The van der Waals surface area contributed by atoms with Crippen LogP contribution < -0.4 is 5.32 Å². The largest absolute Gasteiger partial charge is 0.344 e. The van der Waals surface area contributed by atoms with Crippen LogP contribution in [0.5, 0.6) is 0 Å². The summed E-state index contributed by atoms with van der Waals surface area (Å²) in [7, 11) is 0. The Morgan fingerprint density at radius 3 is 2.28 bits per heavy atom. The van der Waals surface area contributed by atoms with Gasteiger partial charge in [-0.15, -0.1) is 0 Å². The number of unbranched alkanes of at least 4 members (excludes halogenated alkanes) is 1. The van der Waals surface area contributed by atoms with Crippen LogP contribution in [0.3, 0.4) is 0 Å². The Bertz CT molecular complexity index is 1080. The maximum absolute atomic E-state index is 13.7. The summed E-state index contributed by atoms with van der Waals surface area (Å²) >= 11 is 0. The van der Waals surface area contributed by atoms with E-state index in [1.165, 1.54) is 16.7 Å². The molecule has 1 fully saturated rings. The third-order valence-corrected chi connectivity index (χ3v) is 7.39. The van der Waals surface area contributed by atoms with Crippen LogP contribution in [0.2, 0.25) is 0 Å². The summed E-state index contributed by atoms with van der Waals surface area (Å²) in [6.45, 7) is 11.2. The van der Waals surface area contributed by atoms with Crippen LogP contribution in [0.25, 0.3) is 11.1 Å². The fraction of sp³-hybridized carbons (Fsp3) is 0.516. The van der Waals surface area contributed by atoms with Gasteiger partial charge in [-0.05, 0) is 28.5 Å². The van der Waals surface area contributed by atoms with Gasteiger partial charge < -0.3 is 10.2 Å². The van der Waals surface area contributed by atoms with Crippen molar-refractivity contribution >= 4 is 18.2 Å². The monoisotopic (exact) mass is 536 g/mol. The van der Waals surface area contributed by atoms with Gasteiger partial charge in [-0.25, -0.2) is 5.06 Å². The third-order valence-electron chi connectivity index (χ3n) is 7.39. The average molecular weight is 537 g/mol. The number of piperazine rings is 1. The van der Waals surface area contributed by atoms with E-state index in [-0.39, 0.29) is 18.4 Å². The van der Waals surface area contributed by atoms with E-state index >= 15 is 0 Å². The average Bonchev–Trinajstić information content (AvgIpc) is 2.94. The van der Waals surface area contributed by atoms with Crippen molar-refractivity contribution < 1.29 is 19.6 Å². The Balaban J connectivity index is 1.64. The molecule has 3 amide bonds. The number of carbonyl (C=O) groups excluding carboxylic acids is 3. The molecule has 1 aliphatic rings. The minimum absolute atomic E-state index is 0.0920. The number of nitrogens with one attached hydrogen (secondary N) is 1. The molecule has 39 heavy (non-hydrogen) atoms. The van der Waals surface area contributed by atoms with Crippen LogP contribution in [0.4, 0.5) is 0 Å². The zero-order chi connectivity index (χ0) is 28.4. The summed E-state index contributed by atoms with van der Waals surface area (Å²) in [5.74, 6) is -0.987. The Morgan fingerprint density at radius 2 is 1.67 bits per heavy atom. The lowest BCUT2D eigenvalue weighted by Crippen LogP contribution is -2.59. The number of carbonyl (C=O) groups is 3. The van der Waals surface area contributed by atoms with Gasteiger partial charge in [-0.3, -0.25) is 24.5 Å². The highest BCUT2D eigenvalue weighted by Crippen LogP contribution is 2.26. The lowest BCUT2D eigenvalue weighted by atomic mass is 9.85. The van der Waals surface area contributed by atoms with E-state index in [0.29, 0.717) is 31.0 Å². The topological polar surface area (TPSA) is 93.2 Å². The molecule has 1 aliphatic heterocycles. The summed E-state index contributed by atoms with van der Waals surface area (Å²) in [5.41, 5.74) is 3.17. The molecule has 0 aliphatic carbocycles. The first-order valence-corrected chi connectivity index (χ1v) is 14.0. The van der Waals surface area contributed by atoms with Crippen molar-refractivity contribution in [3.8, 4) is 11.1 Å². The molecule has 3 rings (SSSR count). The molecule has 0 spiro atoms. The van der Waals surface area contributed by atoms with Crippen molar-refractivity contribution in [2.24, 2.45) is 11.3 Å². The quantitative estimate of drug-likeness (QED) is 0.241. The Labute approximate surface area is 232 Å². The van der Waals surface area contributed by atoms with E-state index in [1.54, 1.807) is 0 Å². The summed E-state index contributed by atoms with van der Waals surface area (Å²) < 4.78 is 0. The summed E-state index contributed by atoms with van der Waals surface area (Å²) in [5, 5.41) is 13.2. The minimum Gasteiger partial charge on any atom is -0.344 e. The number of amides is 3. The fourth-order valence-corrected chi connectivity index (χ4v) is 5.04. The van der Waals surface area contributed by atoms with E-state index in [1.807, 2.05) is 38.7 Å². The van der Waals surface area contributed by atoms with E-state index in [0.717, 1.165) is 32.5 Å². The number of nitrogens with zero attached hydrogens (tertiary/aromatic N) is 3. The van der Waals surface area contributed by atoms with E-state index in [9.17, 15) is 19.6 Å². The van der Waals surface area contributed by atoms with Crippen molar-refractivity contribution in [1.29, 1.82) is 0 Å². The number of rotatable bonds is 12. The first-order chi connectivity index (χ1) is 18.6. The van der Waals surface area contributed by atoms with Crippen molar-refractivity contribution in [3.63, 3.8) is 0 Å². The molecular formula is C31H44N4O4. The highest BCUT2D eigenvalue weighted by molar-refractivity contribution is 5.89. The van der Waals surface area contributed by atoms with Gasteiger partial charge in [0.15, 0.2) is 0 Å². The van der Waals surface area contributed by atoms with Crippen LogP contribution in [0.15, 0.2) is 54.6 Å². The first-order valence-electron chi connectivity index (χ1n) is 14.0.